The largest absolute Gasteiger partial charge is 0.504 e. The van der Waals surface area contributed by atoms with Crippen molar-refractivity contribution in [2.45, 2.75) is 35.4 Å². The Morgan fingerprint density at radius 1 is 1.35 bits per heavy atom. The van der Waals surface area contributed by atoms with E-state index in [1.807, 2.05) is 19.0 Å². The van der Waals surface area contributed by atoms with E-state index in [1.54, 1.807) is 0 Å². The Morgan fingerprint density at radius 3 is 2.55 bits per heavy atom. The number of nitrogen functional groups attached to an aromatic ring is 1. The lowest BCUT2D eigenvalue weighted by molar-refractivity contribution is 0.299. The fourth-order valence-corrected chi connectivity index (χ4v) is 5.12. The number of benzene rings is 1. The van der Waals surface area contributed by atoms with Crippen LogP contribution in [0.4, 0.5) is 5.69 Å². The predicted molar refractivity (Wildman–Crippen MR) is 79.8 cm³/mol. The van der Waals surface area contributed by atoms with Crippen molar-refractivity contribution in [3.05, 3.63) is 17.2 Å². The summed E-state index contributed by atoms with van der Waals surface area (Å²) in [5.41, 5.74) is 5.60. The summed E-state index contributed by atoms with van der Waals surface area (Å²) in [5, 5.41) is 9.44. The maximum absolute atomic E-state index is 12.7. The van der Waals surface area contributed by atoms with Crippen molar-refractivity contribution in [1.29, 1.82) is 0 Å². The van der Waals surface area contributed by atoms with Gasteiger partial charge in [-0.2, -0.15) is 0 Å². The molecule has 0 spiro atoms. The van der Waals surface area contributed by atoms with E-state index in [4.69, 9.17) is 17.3 Å². The summed E-state index contributed by atoms with van der Waals surface area (Å²) >= 11 is 5.96. The average Bonchev–Trinajstić information content (AvgIpc) is 2.84. The first-order chi connectivity index (χ1) is 9.25. The quantitative estimate of drug-likeness (QED) is 0.656. The van der Waals surface area contributed by atoms with Crippen molar-refractivity contribution in [2.24, 2.45) is 0 Å². The van der Waals surface area contributed by atoms with Crippen molar-refractivity contribution < 1.29 is 13.5 Å². The second-order valence-electron chi connectivity index (χ2n) is 5.41. The highest BCUT2D eigenvalue weighted by atomic mass is 35.5. The number of rotatable bonds is 3. The Balaban J connectivity index is 2.40. The van der Waals surface area contributed by atoms with Crippen molar-refractivity contribution in [1.82, 2.24) is 4.90 Å². The number of aromatic hydroxyl groups is 1. The SMILES string of the molecule is CN(C)[C@@H]1CC[C@H](S(=O)(=O)c2c(Cl)ccc(N)c2O)C1. The minimum absolute atomic E-state index is 0.0185. The van der Waals surface area contributed by atoms with Gasteiger partial charge in [0.05, 0.1) is 16.0 Å². The van der Waals surface area contributed by atoms with E-state index in [9.17, 15) is 13.5 Å². The molecule has 0 amide bonds. The van der Waals surface area contributed by atoms with Gasteiger partial charge in [-0.15, -0.1) is 0 Å². The van der Waals surface area contributed by atoms with Crippen LogP contribution in [0.2, 0.25) is 5.02 Å². The summed E-state index contributed by atoms with van der Waals surface area (Å²) in [6.07, 6.45) is 1.92. The monoisotopic (exact) mass is 318 g/mol. The van der Waals surface area contributed by atoms with E-state index in [0.29, 0.717) is 12.8 Å². The second kappa shape index (κ2) is 5.42. The molecule has 112 valence electrons. The number of nitrogens with zero attached hydrogens (tertiary/aromatic N) is 1. The Morgan fingerprint density at radius 2 is 2.00 bits per heavy atom. The third kappa shape index (κ3) is 2.60. The normalized spacial score (nSPS) is 23.4. The molecule has 0 unspecified atom stereocenters. The van der Waals surface area contributed by atoms with Gasteiger partial charge in [0.2, 0.25) is 0 Å². The standard InChI is InChI=1S/C13H19ClN2O3S/c1-16(2)8-3-4-9(7-8)20(18,19)13-10(14)5-6-11(15)12(13)17/h5-6,8-9,17H,3-4,7,15H2,1-2H3/t8-,9+/m1/s1. The number of hydrogen-bond acceptors (Lipinski definition) is 5. The number of hydrogen-bond donors (Lipinski definition) is 2. The fraction of sp³-hybridized carbons (Fsp3) is 0.538. The number of nitrogens with two attached hydrogens (primary N) is 1. The molecule has 0 aliphatic heterocycles. The van der Waals surface area contributed by atoms with Gasteiger partial charge >= 0.3 is 0 Å². The third-order valence-electron chi connectivity index (χ3n) is 3.93. The van der Waals surface area contributed by atoms with Gasteiger partial charge < -0.3 is 15.7 Å². The number of phenols is 1. The first-order valence-corrected chi connectivity index (χ1v) is 8.35. The smallest absolute Gasteiger partial charge is 0.186 e. The van der Waals surface area contributed by atoms with Crippen LogP contribution in [-0.2, 0) is 9.84 Å². The predicted octanol–water partition coefficient (Wildman–Crippen LogP) is 1.88. The van der Waals surface area contributed by atoms with E-state index in [1.165, 1.54) is 12.1 Å². The number of anilines is 1. The molecule has 7 heteroatoms. The Bertz CT molecular complexity index is 616. The topological polar surface area (TPSA) is 83.6 Å². The highest BCUT2D eigenvalue weighted by molar-refractivity contribution is 7.92. The van der Waals surface area contributed by atoms with Crippen LogP contribution in [0.5, 0.6) is 5.75 Å². The van der Waals surface area contributed by atoms with E-state index >= 15 is 0 Å². The molecular weight excluding hydrogens is 300 g/mol. The summed E-state index contributed by atoms with van der Waals surface area (Å²) in [6, 6.07) is 3.03. The minimum Gasteiger partial charge on any atom is -0.504 e. The second-order valence-corrected chi connectivity index (χ2v) is 7.98. The summed E-state index contributed by atoms with van der Waals surface area (Å²) in [5.74, 6) is -0.439. The van der Waals surface area contributed by atoms with Gasteiger partial charge in [0, 0.05) is 6.04 Å². The van der Waals surface area contributed by atoms with Crippen LogP contribution < -0.4 is 5.73 Å². The van der Waals surface area contributed by atoms with Gasteiger partial charge in [0.1, 0.15) is 4.90 Å². The molecule has 1 aliphatic rings. The Hall–Kier alpha value is -0.980. The molecule has 1 aromatic rings. The van der Waals surface area contributed by atoms with Gasteiger partial charge in [0.25, 0.3) is 0 Å². The number of sulfone groups is 1. The van der Waals surface area contributed by atoms with E-state index in [0.717, 1.165) is 6.42 Å². The lowest BCUT2D eigenvalue weighted by Gasteiger charge is -2.19. The molecule has 20 heavy (non-hydrogen) atoms. The average molecular weight is 319 g/mol. The molecule has 1 aliphatic carbocycles. The highest BCUT2D eigenvalue weighted by Gasteiger charge is 2.38. The maximum atomic E-state index is 12.7. The first kappa shape index (κ1) is 15.4. The summed E-state index contributed by atoms with van der Waals surface area (Å²) < 4.78 is 25.4. The minimum atomic E-state index is -3.68. The fourth-order valence-electron chi connectivity index (χ4n) is 2.67. The molecule has 1 aromatic carbocycles. The van der Waals surface area contributed by atoms with E-state index in [-0.39, 0.29) is 21.6 Å². The molecule has 2 rings (SSSR count). The Labute approximate surface area is 124 Å². The lowest BCUT2D eigenvalue weighted by Crippen LogP contribution is -2.27. The van der Waals surface area contributed by atoms with Crippen molar-refractivity contribution in [3.63, 3.8) is 0 Å². The van der Waals surface area contributed by atoms with E-state index < -0.39 is 20.8 Å². The van der Waals surface area contributed by atoms with Gasteiger partial charge in [-0.05, 0) is 45.5 Å². The van der Waals surface area contributed by atoms with E-state index in [2.05, 4.69) is 0 Å². The zero-order valence-corrected chi connectivity index (χ0v) is 13.1. The molecule has 0 bridgehead atoms. The van der Waals surface area contributed by atoms with Crippen LogP contribution >= 0.6 is 11.6 Å². The van der Waals surface area contributed by atoms with Gasteiger partial charge in [0.15, 0.2) is 15.6 Å². The zero-order valence-electron chi connectivity index (χ0n) is 11.5. The summed E-state index contributed by atoms with van der Waals surface area (Å²) in [4.78, 5) is 1.79. The summed E-state index contributed by atoms with van der Waals surface area (Å²) in [6.45, 7) is 0. The van der Waals surface area contributed by atoms with Crippen molar-refractivity contribution in [2.75, 3.05) is 19.8 Å². The van der Waals surface area contributed by atoms with Crippen LogP contribution in [0.15, 0.2) is 17.0 Å². The molecule has 0 saturated heterocycles. The molecule has 0 heterocycles. The van der Waals surface area contributed by atoms with Crippen molar-refractivity contribution in [3.8, 4) is 5.75 Å². The lowest BCUT2D eigenvalue weighted by atomic mass is 10.2. The number of phenolic OH excluding ortho intramolecular Hbond substituents is 1. The van der Waals surface area contributed by atoms with Crippen LogP contribution in [0.1, 0.15) is 19.3 Å². The van der Waals surface area contributed by atoms with Crippen LogP contribution in [0, 0.1) is 0 Å². The molecule has 0 aromatic heterocycles. The molecule has 5 nitrogen and oxygen atoms in total. The Kier molecular flexibility index (Phi) is 4.18. The van der Waals surface area contributed by atoms with Crippen LogP contribution in [0.25, 0.3) is 0 Å². The summed E-state index contributed by atoms with van der Waals surface area (Å²) in [7, 11) is 0.193. The van der Waals surface area contributed by atoms with Gasteiger partial charge in [-0.1, -0.05) is 11.6 Å². The first-order valence-electron chi connectivity index (χ1n) is 6.42. The molecule has 0 radical (unpaired) electrons. The van der Waals surface area contributed by atoms with Gasteiger partial charge in [-0.3, -0.25) is 0 Å². The zero-order chi connectivity index (χ0) is 15.1. The van der Waals surface area contributed by atoms with Crippen LogP contribution in [-0.4, -0.2) is 43.8 Å². The molecule has 3 N–H and O–H groups in total. The van der Waals surface area contributed by atoms with Gasteiger partial charge in [-0.25, -0.2) is 8.42 Å². The highest BCUT2D eigenvalue weighted by Crippen LogP contribution is 2.40. The third-order valence-corrected chi connectivity index (χ3v) is 6.64. The van der Waals surface area contributed by atoms with Crippen LogP contribution in [0.3, 0.4) is 0 Å². The number of halogens is 1. The molecular formula is C13H19ClN2O3S. The molecule has 2 atom stereocenters. The molecule has 1 fully saturated rings. The maximum Gasteiger partial charge on any atom is 0.186 e. The molecule has 1 saturated carbocycles. The van der Waals surface area contributed by atoms with Crippen molar-refractivity contribution >= 4 is 27.1 Å².